The highest BCUT2D eigenvalue weighted by Gasteiger charge is 2.27. The first-order valence-corrected chi connectivity index (χ1v) is 6.88. The number of rotatable bonds is 4. The van der Waals surface area contributed by atoms with Crippen LogP contribution in [0, 0.1) is 0 Å². The van der Waals surface area contributed by atoms with Gasteiger partial charge in [0.2, 0.25) is 0 Å². The average Bonchev–Trinajstić information content (AvgIpc) is 1.95. The fourth-order valence-electron chi connectivity index (χ4n) is 0.651. The van der Waals surface area contributed by atoms with E-state index < -0.39 is 31.2 Å². The third-order valence-corrected chi connectivity index (χ3v) is 4.46. The monoisotopic (exact) mass is 243 g/mol. The molecular formula is C7H17NO4S2. The highest BCUT2D eigenvalue weighted by Crippen LogP contribution is 2.11. The molecule has 14 heavy (non-hydrogen) atoms. The Morgan fingerprint density at radius 2 is 1.86 bits per heavy atom. The molecule has 0 amide bonds. The molecule has 0 saturated heterocycles. The van der Waals surface area contributed by atoms with Crippen LogP contribution < -0.4 is 4.72 Å². The van der Waals surface area contributed by atoms with E-state index >= 15 is 0 Å². The summed E-state index contributed by atoms with van der Waals surface area (Å²) in [4.78, 5) is 0. The van der Waals surface area contributed by atoms with Crippen LogP contribution in [0.3, 0.4) is 0 Å². The molecule has 2 N–H and O–H groups in total. The predicted octanol–water partition coefficient (Wildman–Crippen LogP) is 0.662. The second kappa shape index (κ2) is 4.69. The zero-order chi connectivity index (χ0) is 11.6. The molecule has 0 aliphatic heterocycles. The summed E-state index contributed by atoms with van der Waals surface area (Å²) in [5.74, 6) is 0. The fourth-order valence-corrected chi connectivity index (χ4v) is 2.58. The van der Waals surface area contributed by atoms with Crippen LogP contribution in [-0.4, -0.2) is 27.3 Å². The normalized spacial score (nSPS) is 17.8. The average molecular weight is 243 g/mol. The highest BCUT2D eigenvalue weighted by molar-refractivity contribution is 7.89. The van der Waals surface area contributed by atoms with Gasteiger partial charge in [-0.25, -0.2) is 8.93 Å². The molecule has 0 aromatic carbocycles. The molecule has 0 aromatic rings. The SMILES string of the molecule is CCC(NS(=O)C(C)(C)C)S(=O)(=O)O. The van der Waals surface area contributed by atoms with Crippen LogP contribution in [0.2, 0.25) is 0 Å². The summed E-state index contributed by atoms with van der Waals surface area (Å²) in [6, 6.07) is 0. The molecule has 0 spiro atoms. The predicted molar refractivity (Wildman–Crippen MR) is 56.7 cm³/mol. The molecule has 7 heteroatoms. The molecule has 0 aliphatic carbocycles. The van der Waals surface area contributed by atoms with Crippen molar-refractivity contribution in [1.82, 2.24) is 4.72 Å². The number of nitrogens with one attached hydrogen (secondary N) is 1. The third kappa shape index (κ3) is 4.50. The molecular weight excluding hydrogens is 226 g/mol. The van der Waals surface area contributed by atoms with Crippen LogP contribution in [0.1, 0.15) is 34.1 Å². The molecule has 86 valence electrons. The van der Waals surface area contributed by atoms with Gasteiger partial charge < -0.3 is 0 Å². The van der Waals surface area contributed by atoms with E-state index in [1.54, 1.807) is 27.7 Å². The maximum Gasteiger partial charge on any atom is 0.281 e. The third-order valence-electron chi connectivity index (χ3n) is 1.53. The Morgan fingerprint density at radius 3 is 2.07 bits per heavy atom. The molecule has 0 aliphatic rings. The minimum Gasteiger partial charge on any atom is -0.284 e. The second-order valence-corrected chi connectivity index (χ2v) is 7.51. The largest absolute Gasteiger partial charge is 0.284 e. The molecule has 0 bridgehead atoms. The summed E-state index contributed by atoms with van der Waals surface area (Å²) >= 11 is 0. The minimum atomic E-state index is -4.17. The molecule has 2 atom stereocenters. The molecule has 0 radical (unpaired) electrons. The van der Waals surface area contributed by atoms with Crippen LogP contribution >= 0.6 is 0 Å². The first-order chi connectivity index (χ1) is 6.09. The van der Waals surface area contributed by atoms with Gasteiger partial charge in [0, 0.05) is 0 Å². The standard InChI is InChI=1S/C7H17NO4S2/c1-5-6(14(10,11)12)8-13(9)7(2,3)4/h6,8H,5H2,1-4H3,(H,10,11,12). The summed E-state index contributed by atoms with van der Waals surface area (Å²) in [6.07, 6.45) is 0.167. The Bertz CT molecular complexity index is 304. The van der Waals surface area contributed by atoms with Gasteiger partial charge in [-0.2, -0.15) is 8.42 Å². The van der Waals surface area contributed by atoms with E-state index in [0.717, 1.165) is 0 Å². The summed E-state index contributed by atoms with van der Waals surface area (Å²) in [5, 5.41) is -1.16. The van der Waals surface area contributed by atoms with Crippen molar-refractivity contribution in [2.45, 2.75) is 44.2 Å². The Morgan fingerprint density at radius 1 is 1.43 bits per heavy atom. The van der Waals surface area contributed by atoms with E-state index in [4.69, 9.17) is 4.55 Å². The van der Waals surface area contributed by atoms with E-state index in [0.29, 0.717) is 0 Å². The van der Waals surface area contributed by atoms with Crippen LogP contribution in [0.15, 0.2) is 0 Å². The van der Waals surface area contributed by atoms with E-state index in [1.807, 2.05) is 0 Å². The summed E-state index contributed by atoms with van der Waals surface area (Å²) < 4.78 is 43.7. The first-order valence-electron chi connectivity index (χ1n) is 4.23. The van der Waals surface area contributed by atoms with Gasteiger partial charge in [0.1, 0.15) is 5.37 Å². The molecule has 2 unspecified atom stereocenters. The summed E-state index contributed by atoms with van der Waals surface area (Å²) in [5.41, 5.74) is 0. The van der Waals surface area contributed by atoms with Gasteiger partial charge in [0.05, 0.1) is 15.7 Å². The second-order valence-electron chi connectivity index (χ2n) is 3.91. The Balaban J connectivity index is 4.59. The van der Waals surface area contributed by atoms with Gasteiger partial charge in [0.25, 0.3) is 10.1 Å². The molecule has 0 saturated carbocycles. The van der Waals surface area contributed by atoms with Crippen LogP contribution in [-0.2, 0) is 21.1 Å². The van der Waals surface area contributed by atoms with Crippen molar-refractivity contribution in [2.24, 2.45) is 0 Å². The molecule has 5 nitrogen and oxygen atoms in total. The van der Waals surface area contributed by atoms with E-state index in [1.165, 1.54) is 0 Å². The Hall–Kier alpha value is 0.0200. The van der Waals surface area contributed by atoms with Crippen LogP contribution in [0.4, 0.5) is 0 Å². The number of hydrogen-bond acceptors (Lipinski definition) is 3. The maximum absolute atomic E-state index is 11.5. The minimum absolute atomic E-state index is 0.167. The van der Waals surface area contributed by atoms with Crippen molar-refractivity contribution in [2.75, 3.05) is 0 Å². The topological polar surface area (TPSA) is 83.5 Å². The van der Waals surface area contributed by atoms with Gasteiger partial charge in [-0.05, 0) is 27.2 Å². The number of hydrogen-bond donors (Lipinski definition) is 2. The fraction of sp³-hybridized carbons (Fsp3) is 1.00. The zero-order valence-corrected chi connectivity index (χ0v) is 10.4. The lowest BCUT2D eigenvalue weighted by atomic mass is 10.3. The van der Waals surface area contributed by atoms with Crippen LogP contribution in [0.25, 0.3) is 0 Å². The van der Waals surface area contributed by atoms with Crippen molar-refractivity contribution < 1.29 is 17.2 Å². The maximum atomic E-state index is 11.5. The summed E-state index contributed by atoms with van der Waals surface area (Å²) in [6.45, 7) is 6.73. The highest BCUT2D eigenvalue weighted by atomic mass is 32.2. The van der Waals surface area contributed by atoms with Crippen molar-refractivity contribution in [3.05, 3.63) is 0 Å². The van der Waals surface area contributed by atoms with Gasteiger partial charge in [-0.1, -0.05) is 6.92 Å². The van der Waals surface area contributed by atoms with E-state index in [-0.39, 0.29) is 6.42 Å². The quantitative estimate of drug-likeness (QED) is 0.711. The van der Waals surface area contributed by atoms with Crippen molar-refractivity contribution >= 4 is 21.1 Å². The Labute approximate surface area is 87.6 Å². The van der Waals surface area contributed by atoms with Crippen molar-refractivity contribution in [3.63, 3.8) is 0 Å². The lowest BCUT2D eigenvalue weighted by Gasteiger charge is -2.21. The first kappa shape index (κ1) is 14.0. The van der Waals surface area contributed by atoms with Gasteiger partial charge in [-0.15, -0.1) is 0 Å². The molecule has 0 rings (SSSR count). The Kier molecular flexibility index (Phi) is 4.70. The lowest BCUT2D eigenvalue weighted by Crippen LogP contribution is -2.43. The lowest BCUT2D eigenvalue weighted by molar-refractivity contribution is 0.459. The van der Waals surface area contributed by atoms with E-state index in [2.05, 4.69) is 4.72 Å². The molecule has 0 heterocycles. The summed E-state index contributed by atoms with van der Waals surface area (Å²) in [7, 11) is -5.68. The van der Waals surface area contributed by atoms with Gasteiger partial charge in [-0.3, -0.25) is 4.55 Å². The van der Waals surface area contributed by atoms with Gasteiger partial charge >= 0.3 is 0 Å². The van der Waals surface area contributed by atoms with Crippen molar-refractivity contribution in [1.29, 1.82) is 0 Å². The van der Waals surface area contributed by atoms with E-state index in [9.17, 15) is 12.6 Å². The van der Waals surface area contributed by atoms with Crippen molar-refractivity contribution in [3.8, 4) is 0 Å². The molecule has 0 aromatic heterocycles. The zero-order valence-electron chi connectivity index (χ0n) is 8.77. The smallest absolute Gasteiger partial charge is 0.281 e. The van der Waals surface area contributed by atoms with Gasteiger partial charge in [0.15, 0.2) is 0 Å². The molecule has 0 fully saturated rings. The van der Waals surface area contributed by atoms with Crippen LogP contribution in [0.5, 0.6) is 0 Å².